The molecule has 0 saturated carbocycles. The lowest BCUT2D eigenvalue weighted by atomic mass is 10.1. The first-order valence-electron chi connectivity index (χ1n) is 12.0. The molecule has 0 fully saturated rings. The van der Waals surface area contributed by atoms with Crippen LogP contribution in [-0.4, -0.2) is 46.8 Å². The Bertz CT molecular complexity index is 1410. The van der Waals surface area contributed by atoms with Crippen molar-refractivity contribution in [2.24, 2.45) is 0 Å². The summed E-state index contributed by atoms with van der Waals surface area (Å²) in [6.07, 6.45) is 0.564. The van der Waals surface area contributed by atoms with Gasteiger partial charge in [-0.3, -0.25) is 4.79 Å². The average molecular weight is 520 g/mol. The Labute approximate surface area is 218 Å². The molecule has 0 aliphatic heterocycles. The van der Waals surface area contributed by atoms with Crippen LogP contribution >= 0.6 is 0 Å². The van der Waals surface area contributed by atoms with Gasteiger partial charge in [-0.2, -0.15) is 5.10 Å². The Hall–Kier alpha value is -4.73. The summed E-state index contributed by atoms with van der Waals surface area (Å²) >= 11 is 0. The Balaban J connectivity index is 1.55. The molecule has 0 aliphatic rings. The van der Waals surface area contributed by atoms with Crippen LogP contribution in [0.15, 0.2) is 78.9 Å². The van der Waals surface area contributed by atoms with Crippen molar-refractivity contribution in [2.45, 2.75) is 13.3 Å². The normalized spacial score (nSPS) is 10.6. The third-order valence-electron chi connectivity index (χ3n) is 5.65. The molecule has 0 atom stereocenters. The Morgan fingerprint density at radius 2 is 1.71 bits per heavy atom. The first-order chi connectivity index (χ1) is 18.4. The fourth-order valence-corrected chi connectivity index (χ4v) is 3.80. The minimum atomic E-state index is -0.906. The lowest BCUT2D eigenvalue weighted by Gasteiger charge is -2.22. The molecule has 10 heteroatoms. The third kappa shape index (κ3) is 6.33. The number of rotatable bonds is 9. The fourth-order valence-electron chi connectivity index (χ4n) is 3.80. The molecular weight excluding hydrogens is 492 g/mol. The Kier molecular flexibility index (Phi) is 8.32. The summed E-state index contributed by atoms with van der Waals surface area (Å²) in [6.45, 7) is 1.80. The zero-order chi connectivity index (χ0) is 27.1. The van der Waals surface area contributed by atoms with Gasteiger partial charge in [0.15, 0.2) is 0 Å². The summed E-state index contributed by atoms with van der Waals surface area (Å²) in [7, 11) is 1.57. The average Bonchev–Trinajstić information content (AvgIpc) is 3.34. The number of amides is 3. The molecule has 3 aromatic carbocycles. The highest BCUT2D eigenvalue weighted by Gasteiger charge is 2.20. The van der Waals surface area contributed by atoms with Crippen LogP contribution in [0.5, 0.6) is 5.75 Å². The number of urea groups is 1. The van der Waals surface area contributed by atoms with Crippen molar-refractivity contribution in [3.8, 4) is 22.7 Å². The third-order valence-corrected chi connectivity index (χ3v) is 5.65. The molecule has 3 amide bonds. The molecular formula is C28H27F2N5O3. The van der Waals surface area contributed by atoms with Crippen LogP contribution in [-0.2, 0) is 4.79 Å². The number of ether oxygens (including phenoxy) is 1. The molecule has 0 unspecified atom stereocenters. The van der Waals surface area contributed by atoms with E-state index >= 15 is 0 Å². The van der Waals surface area contributed by atoms with Crippen LogP contribution in [0.1, 0.15) is 13.3 Å². The molecule has 0 spiro atoms. The number of hydrogen-bond acceptors (Lipinski definition) is 4. The summed E-state index contributed by atoms with van der Waals surface area (Å²) in [5.41, 5.74) is 2.02. The number of aromatic nitrogens is 2. The largest absolute Gasteiger partial charge is 0.497 e. The summed E-state index contributed by atoms with van der Waals surface area (Å²) in [5.74, 6) is -1.05. The Morgan fingerprint density at radius 3 is 2.37 bits per heavy atom. The van der Waals surface area contributed by atoms with Crippen molar-refractivity contribution in [3.63, 3.8) is 0 Å². The van der Waals surface area contributed by atoms with E-state index in [0.717, 1.165) is 17.7 Å². The standard InChI is InChI=1S/C28H27F2N5O3/c1-3-15-34(28(37)31-24-14-9-20(29)16-23(24)30)18-27(36)32-26-17-25(19-7-5-4-6-8-19)33-35(26)21-10-12-22(38-2)13-11-21/h4-14,16-17H,3,15,18H2,1-2H3,(H,31,37)(H,32,36). The highest BCUT2D eigenvalue weighted by atomic mass is 19.1. The SMILES string of the molecule is CCCN(CC(=O)Nc1cc(-c2ccccc2)nn1-c1ccc(OC)cc1)C(=O)Nc1ccc(F)cc1F. The number of anilines is 2. The highest BCUT2D eigenvalue weighted by Crippen LogP contribution is 2.26. The molecule has 0 bridgehead atoms. The van der Waals surface area contributed by atoms with Crippen molar-refractivity contribution in [2.75, 3.05) is 30.8 Å². The zero-order valence-corrected chi connectivity index (χ0v) is 20.9. The predicted octanol–water partition coefficient (Wildman–Crippen LogP) is 5.71. The number of methoxy groups -OCH3 is 1. The molecule has 2 N–H and O–H groups in total. The van der Waals surface area contributed by atoms with Crippen LogP contribution in [0.4, 0.5) is 25.1 Å². The maximum Gasteiger partial charge on any atom is 0.322 e. The number of nitrogens with one attached hydrogen (secondary N) is 2. The van der Waals surface area contributed by atoms with E-state index in [0.29, 0.717) is 35.4 Å². The number of nitrogens with zero attached hydrogens (tertiary/aromatic N) is 3. The van der Waals surface area contributed by atoms with E-state index in [1.807, 2.05) is 49.4 Å². The highest BCUT2D eigenvalue weighted by molar-refractivity contribution is 5.97. The van der Waals surface area contributed by atoms with Crippen LogP contribution in [0.3, 0.4) is 0 Å². The van der Waals surface area contributed by atoms with Crippen molar-refractivity contribution >= 4 is 23.4 Å². The van der Waals surface area contributed by atoms with Crippen molar-refractivity contribution < 1.29 is 23.1 Å². The lowest BCUT2D eigenvalue weighted by molar-refractivity contribution is -0.116. The smallest absolute Gasteiger partial charge is 0.322 e. The van der Waals surface area contributed by atoms with Crippen molar-refractivity contribution in [1.82, 2.24) is 14.7 Å². The van der Waals surface area contributed by atoms with E-state index in [1.165, 1.54) is 4.90 Å². The molecule has 8 nitrogen and oxygen atoms in total. The van der Waals surface area contributed by atoms with Crippen molar-refractivity contribution in [1.29, 1.82) is 0 Å². The van der Waals surface area contributed by atoms with E-state index in [4.69, 9.17) is 4.74 Å². The van der Waals surface area contributed by atoms with E-state index in [-0.39, 0.29) is 18.8 Å². The van der Waals surface area contributed by atoms with Gasteiger partial charge in [0.25, 0.3) is 0 Å². The quantitative estimate of drug-likeness (QED) is 0.297. The van der Waals surface area contributed by atoms with Gasteiger partial charge in [-0.25, -0.2) is 18.3 Å². The van der Waals surface area contributed by atoms with Gasteiger partial charge in [0.1, 0.15) is 29.7 Å². The topological polar surface area (TPSA) is 88.5 Å². The van der Waals surface area contributed by atoms with Crippen molar-refractivity contribution in [3.05, 3.63) is 90.5 Å². The van der Waals surface area contributed by atoms with Crippen LogP contribution in [0.25, 0.3) is 16.9 Å². The molecule has 0 saturated heterocycles. The summed E-state index contributed by atoms with van der Waals surface area (Å²) in [4.78, 5) is 27.1. The molecule has 4 aromatic rings. The number of benzene rings is 3. The fraction of sp³-hybridized carbons (Fsp3) is 0.179. The second-order valence-electron chi connectivity index (χ2n) is 8.41. The first-order valence-corrected chi connectivity index (χ1v) is 12.0. The van der Waals surface area contributed by atoms with Gasteiger partial charge >= 0.3 is 6.03 Å². The monoisotopic (exact) mass is 519 g/mol. The molecule has 0 aliphatic carbocycles. The van der Waals surface area contributed by atoms with Crippen LogP contribution < -0.4 is 15.4 Å². The van der Waals surface area contributed by atoms with Gasteiger partial charge < -0.3 is 20.3 Å². The second-order valence-corrected chi connectivity index (χ2v) is 8.41. The predicted molar refractivity (Wildman–Crippen MR) is 141 cm³/mol. The number of carbonyl (C=O) groups excluding carboxylic acids is 2. The summed E-state index contributed by atoms with van der Waals surface area (Å²) < 4.78 is 34.1. The van der Waals surface area contributed by atoms with Gasteiger partial charge in [-0.05, 0) is 42.8 Å². The Morgan fingerprint density at radius 1 is 0.974 bits per heavy atom. The van der Waals surface area contributed by atoms with Gasteiger partial charge in [0.2, 0.25) is 5.91 Å². The maximum absolute atomic E-state index is 14.0. The van der Waals surface area contributed by atoms with Gasteiger partial charge in [0.05, 0.1) is 24.2 Å². The van der Waals surface area contributed by atoms with E-state index in [2.05, 4.69) is 15.7 Å². The van der Waals surface area contributed by atoms with Gasteiger partial charge in [0, 0.05) is 24.2 Å². The number of carbonyl (C=O) groups is 2. The second kappa shape index (κ2) is 12.0. The summed E-state index contributed by atoms with van der Waals surface area (Å²) in [5, 5.41) is 9.92. The molecule has 4 rings (SSSR count). The van der Waals surface area contributed by atoms with Gasteiger partial charge in [-0.1, -0.05) is 37.3 Å². The number of hydrogen-bond donors (Lipinski definition) is 2. The van der Waals surface area contributed by atoms with E-state index in [9.17, 15) is 18.4 Å². The van der Waals surface area contributed by atoms with Gasteiger partial charge in [-0.15, -0.1) is 0 Å². The molecule has 1 aromatic heterocycles. The first kappa shape index (κ1) is 26.3. The summed E-state index contributed by atoms with van der Waals surface area (Å²) in [6, 6.07) is 20.6. The molecule has 196 valence electrons. The van der Waals surface area contributed by atoms with Crippen LogP contribution in [0, 0.1) is 11.6 Å². The maximum atomic E-state index is 14.0. The molecule has 1 heterocycles. The van der Waals surface area contributed by atoms with E-state index in [1.54, 1.807) is 30.0 Å². The van der Waals surface area contributed by atoms with Crippen LogP contribution in [0.2, 0.25) is 0 Å². The molecule has 38 heavy (non-hydrogen) atoms. The van der Waals surface area contributed by atoms with E-state index < -0.39 is 23.6 Å². The lowest BCUT2D eigenvalue weighted by Crippen LogP contribution is -2.41. The minimum absolute atomic E-state index is 0.178. The minimum Gasteiger partial charge on any atom is -0.497 e. The molecule has 0 radical (unpaired) electrons. The zero-order valence-electron chi connectivity index (χ0n) is 20.9. The number of halogens is 2.